The Morgan fingerprint density at radius 1 is 0.896 bits per heavy atom. The fourth-order valence-corrected chi connectivity index (χ4v) is 6.79. The van der Waals surface area contributed by atoms with E-state index in [2.05, 4.69) is 51.3 Å². The summed E-state index contributed by atoms with van der Waals surface area (Å²) < 4.78 is 12.7. The highest BCUT2D eigenvalue weighted by Crippen LogP contribution is 2.40. The summed E-state index contributed by atoms with van der Waals surface area (Å²) in [6, 6.07) is 21.2. The molecule has 250 valence electrons. The molecule has 11 nitrogen and oxygen atoms in total. The van der Waals surface area contributed by atoms with Crippen molar-refractivity contribution in [3.8, 4) is 11.5 Å². The number of imide groups is 1. The number of nitrogens with one attached hydrogen (secondary N) is 1. The molecular formula is C37H42N6O5. The second-order valence-electron chi connectivity index (χ2n) is 12.2. The maximum absolute atomic E-state index is 14.4. The van der Waals surface area contributed by atoms with E-state index in [-0.39, 0.29) is 23.8 Å². The van der Waals surface area contributed by atoms with Crippen LogP contribution in [0, 0.1) is 0 Å². The summed E-state index contributed by atoms with van der Waals surface area (Å²) in [6.45, 7) is 5.72. The Labute approximate surface area is 281 Å². The van der Waals surface area contributed by atoms with Crippen LogP contribution in [0.15, 0.2) is 79.1 Å². The van der Waals surface area contributed by atoms with Crippen molar-refractivity contribution in [1.29, 1.82) is 0 Å². The normalized spacial score (nSPS) is 16.1. The number of carbonyl (C=O) groups is 3. The van der Waals surface area contributed by atoms with Gasteiger partial charge in [0.1, 0.15) is 0 Å². The Morgan fingerprint density at radius 2 is 1.65 bits per heavy atom. The second-order valence-corrected chi connectivity index (χ2v) is 12.2. The highest BCUT2D eigenvalue weighted by atomic mass is 16.5. The van der Waals surface area contributed by atoms with E-state index in [4.69, 9.17) is 9.47 Å². The van der Waals surface area contributed by atoms with Gasteiger partial charge >= 0.3 is 0 Å². The zero-order valence-electron chi connectivity index (χ0n) is 27.9. The molecule has 2 unspecified atom stereocenters. The summed E-state index contributed by atoms with van der Waals surface area (Å²) in [5.41, 5.74) is 3.66. The lowest BCUT2D eigenvalue weighted by Crippen LogP contribution is -2.47. The number of rotatable bonds is 12. The van der Waals surface area contributed by atoms with Crippen LogP contribution < -0.4 is 19.7 Å². The number of benzene rings is 3. The number of anilines is 1. The van der Waals surface area contributed by atoms with Gasteiger partial charge in [0.2, 0.25) is 0 Å². The quantitative estimate of drug-likeness (QED) is 0.171. The van der Waals surface area contributed by atoms with Gasteiger partial charge in [0.25, 0.3) is 17.7 Å². The number of piperazine rings is 1. The number of aromatic nitrogens is 2. The first-order valence-corrected chi connectivity index (χ1v) is 16.3. The van der Waals surface area contributed by atoms with Gasteiger partial charge in [-0.3, -0.25) is 24.2 Å². The molecule has 0 saturated carbocycles. The number of hydrogen-bond acceptors (Lipinski definition) is 8. The fourth-order valence-electron chi connectivity index (χ4n) is 6.79. The Morgan fingerprint density at radius 3 is 2.33 bits per heavy atom. The first-order valence-electron chi connectivity index (χ1n) is 16.3. The fraction of sp³-hybridized carbons (Fsp3) is 0.351. The molecule has 1 fully saturated rings. The van der Waals surface area contributed by atoms with Crippen LogP contribution in [0.25, 0.3) is 0 Å². The SMILES string of the molecule is COc1ccc(C(CCCNC(=O)c2nccn2C)N2C(=O)c3cccc(N4CCN(C(C)c5ccccc5)CC4)c3C2=O)cc1OC. The topological polar surface area (TPSA) is 109 Å². The molecule has 2 aliphatic rings. The molecule has 11 heteroatoms. The number of ether oxygens (including phenoxy) is 2. The second kappa shape index (κ2) is 14.3. The largest absolute Gasteiger partial charge is 0.493 e. The van der Waals surface area contributed by atoms with Crippen LogP contribution in [-0.4, -0.2) is 84.0 Å². The lowest BCUT2D eigenvalue weighted by atomic mass is 9.99. The number of hydrogen-bond donors (Lipinski definition) is 1. The number of methoxy groups -OCH3 is 2. The maximum Gasteiger partial charge on any atom is 0.287 e. The van der Waals surface area contributed by atoms with E-state index < -0.39 is 6.04 Å². The third-order valence-corrected chi connectivity index (χ3v) is 9.48. The minimum absolute atomic E-state index is 0.282. The molecule has 3 heterocycles. The highest BCUT2D eigenvalue weighted by Gasteiger charge is 2.43. The van der Waals surface area contributed by atoms with E-state index in [1.165, 1.54) is 10.5 Å². The summed E-state index contributed by atoms with van der Waals surface area (Å²) in [5, 5.41) is 2.91. The van der Waals surface area contributed by atoms with Crippen molar-refractivity contribution in [1.82, 2.24) is 24.7 Å². The van der Waals surface area contributed by atoms with E-state index in [1.807, 2.05) is 30.3 Å². The minimum atomic E-state index is -0.598. The van der Waals surface area contributed by atoms with Gasteiger partial charge in [0, 0.05) is 58.2 Å². The predicted molar refractivity (Wildman–Crippen MR) is 183 cm³/mol. The summed E-state index contributed by atoms with van der Waals surface area (Å²) in [6.07, 6.45) is 4.22. The molecule has 0 aliphatic carbocycles. The van der Waals surface area contributed by atoms with Crippen molar-refractivity contribution in [3.05, 3.63) is 107 Å². The molecule has 2 atom stereocenters. The van der Waals surface area contributed by atoms with E-state index in [0.717, 1.165) is 37.4 Å². The van der Waals surface area contributed by atoms with Crippen molar-refractivity contribution in [2.75, 3.05) is 51.8 Å². The Kier molecular flexibility index (Phi) is 9.77. The van der Waals surface area contributed by atoms with Gasteiger partial charge in [0.05, 0.1) is 37.1 Å². The molecule has 6 rings (SSSR count). The van der Waals surface area contributed by atoms with E-state index in [1.54, 1.807) is 50.4 Å². The van der Waals surface area contributed by atoms with Crippen LogP contribution in [-0.2, 0) is 7.05 Å². The van der Waals surface area contributed by atoms with Gasteiger partial charge in [-0.05, 0) is 55.2 Å². The van der Waals surface area contributed by atoms with Gasteiger partial charge in [-0.25, -0.2) is 4.98 Å². The molecule has 0 bridgehead atoms. The van der Waals surface area contributed by atoms with Crippen LogP contribution in [0.2, 0.25) is 0 Å². The molecule has 3 amide bonds. The Balaban J connectivity index is 1.23. The van der Waals surface area contributed by atoms with Crippen molar-refractivity contribution in [3.63, 3.8) is 0 Å². The van der Waals surface area contributed by atoms with Gasteiger partial charge in [-0.2, -0.15) is 0 Å². The van der Waals surface area contributed by atoms with E-state index in [0.29, 0.717) is 47.8 Å². The van der Waals surface area contributed by atoms with Crippen molar-refractivity contribution >= 4 is 23.4 Å². The minimum Gasteiger partial charge on any atom is -0.493 e. The van der Waals surface area contributed by atoms with Gasteiger partial charge < -0.3 is 24.3 Å². The number of carbonyl (C=O) groups excluding carboxylic acids is 3. The number of amides is 3. The lowest BCUT2D eigenvalue weighted by Gasteiger charge is -2.39. The third kappa shape index (κ3) is 6.37. The third-order valence-electron chi connectivity index (χ3n) is 9.48. The monoisotopic (exact) mass is 650 g/mol. The van der Waals surface area contributed by atoms with Crippen LogP contribution in [0.4, 0.5) is 5.69 Å². The summed E-state index contributed by atoms with van der Waals surface area (Å²) in [5.74, 6) is 0.437. The number of nitrogens with zero attached hydrogens (tertiary/aromatic N) is 5. The molecule has 1 N–H and O–H groups in total. The average Bonchev–Trinajstić information content (AvgIpc) is 3.67. The Hall–Kier alpha value is -5.16. The zero-order valence-corrected chi connectivity index (χ0v) is 27.9. The van der Waals surface area contributed by atoms with Gasteiger partial charge in [0.15, 0.2) is 17.3 Å². The molecule has 4 aromatic rings. The molecule has 1 saturated heterocycles. The van der Waals surface area contributed by atoms with E-state index in [9.17, 15) is 14.4 Å². The summed E-state index contributed by atoms with van der Waals surface area (Å²) in [7, 11) is 4.88. The molecule has 0 radical (unpaired) electrons. The van der Waals surface area contributed by atoms with Crippen molar-refractivity contribution in [2.24, 2.45) is 7.05 Å². The number of aryl methyl sites for hydroxylation is 1. The van der Waals surface area contributed by atoms with Crippen LogP contribution in [0.5, 0.6) is 11.5 Å². The number of fused-ring (bicyclic) bond motifs is 1. The van der Waals surface area contributed by atoms with Crippen LogP contribution in [0.1, 0.15) is 74.3 Å². The van der Waals surface area contributed by atoms with Crippen LogP contribution in [0.3, 0.4) is 0 Å². The molecule has 2 aliphatic heterocycles. The maximum atomic E-state index is 14.4. The molecule has 1 aromatic heterocycles. The molecule has 48 heavy (non-hydrogen) atoms. The van der Waals surface area contributed by atoms with Crippen molar-refractivity contribution < 1.29 is 23.9 Å². The molecule has 0 spiro atoms. The standard InChI is InChI=1S/C37H42N6O5/c1-25(26-10-6-5-7-11-26)41-20-22-42(23-21-41)30-13-8-12-28-33(30)37(46)43(36(28)45)29(27-15-16-31(47-3)32(24-27)48-4)14-9-17-39-35(44)34-38-18-19-40(34)2/h5-8,10-13,15-16,18-19,24-25,29H,9,14,17,20-23H2,1-4H3,(H,39,44). The van der Waals surface area contributed by atoms with Crippen LogP contribution >= 0.6 is 0 Å². The van der Waals surface area contributed by atoms with Crippen molar-refractivity contribution in [2.45, 2.75) is 31.8 Å². The summed E-state index contributed by atoms with van der Waals surface area (Å²) >= 11 is 0. The van der Waals surface area contributed by atoms with Gasteiger partial charge in [-0.15, -0.1) is 0 Å². The van der Waals surface area contributed by atoms with Gasteiger partial charge in [-0.1, -0.05) is 42.5 Å². The lowest BCUT2D eigenvalue weighted by molar-refractivity contribution is 0.0570. The Bertz CT molecular complexity index is 1780. The first-order chi connectivity index (χ1) is 23.3. The smallest absolute Gasteiger partial charge is 0.287 e. The first kappa shape index (κ1) is 32.8. The molecule has 3 aromatic carbocycles. The average molecular weight is 651 g/mol. The number of imidazole rings is 1. The zero-order chi connectivity index (χ0) is 33.8. The summed E-state index contributed by atoms with van der Waals surface area (Å²) in [4.78, 5) is 51.3. The highest BCUT2D eigenvalue weighted by molar-refractivity contribution is 6.24. The predicted octanol–water partition coefficient (Wildman–Crippen LogP) is 4.87. The van der Waals surface area contributed by atoms with E-state index >= 15 is 0 Å². The molecular weight excluding hydrogens is 608 g/mol.